The highest BCUT2D eigenvalue weighted by Crippen LogP contribution is 2.26. The van der Waals surface area contributed by atoms with E-state index in [0.717, 1.165) is 0 Å². The number of carbonyl (C=O) groups excluding carboxylic acids is 1. The Bertz CT molecular complexity index is 1230. The molecule has 0 radical (unpaired) electrons. The van der Waals surface area contributed by atoms with E-state index in [2.05, 4.69) is 10.0 Å². The lowest BCUT2D eigenvalue weighted by Gasteiger charge is -2.18. The van der Waals surface area contributed by atoms with E-state index >= 15 is 0 Å². The molecule has 0 fully saturated rings. The van der Waals surface area contributed by atoms with Crippen molar-refractivity contribution in [1.82, 2.24) is 0 Å². The average molecular weight is 489 g/mol. The Balaban J connectivity index is 1.68. The molecule has 0 unspecified atom stereocenters. The molecule has 0 aliphatic rings. The summed E-state index contributed by atoms with van der Waals surface area (Å²) in [5, 5.41) is 3.23. The molecule has 9 heteroatoms. The first kappa shape index (κ1) is 24.4. The summed E-state index contributed by atoms with van der Waals surface area (Å²) in [6.07, 6.45) is -0.286. The second-order valence-corrected chi connectivity index (χ2v) is 9.31. The lowest BCUT2D eigenvalue weighted by atomic mass is 10.2. The van der Waals surface area contributed by atoms with Crippen LogP contribution in [0.25, 0.3) is 0 Å². The number of rotatable bonds is 9. The predicted molar refractivity (Wildman–Crippen MR) is 130 cm³/mol. The van der Waals surface area contributed by atoms with Gasteiger partial charge in [0.2, 0.25) is 0 Å². The number of carbonyl (C=O) groups is 1. The molecule has 3 rings (SSSR count). The lowest BCUT2D eigenvalue weighted by molar-refractivity contribution is -0.122. The van der Waals surface area contributed by atoms with Crippen molar-refractivity contribution in [2.45, 2.75) is 31.3 Å². The highest BCUT2D eigenvalue weighted by molar-refractivity contribution is 7.92. The molecule has 33 heavy (non-hydrogen) atoms. The van der Waals surface area contributed by atoms with Crippen LogP contribution in [-0.2, 0) is 14.8 Å². The van der Waals surface area contributed by atoms with Crippen molar-refractivity contribution in [3.05, 3.63) is 77.3 Å². The molecule has 0 saturated heterocycles. The van der Waals surface area contributed by atoms with Crippen LogP contribution < -0.4 is 19.5 Å². The highest BCUT2D eigenvalue weighted by atomic mass is 35.5. The van der Waals surface area contributed by atoms with Crippen LogP contribution in [0.3, 0.4) is 0 Å². The molecule has 0 aliphatic heterocycles. The minimum absolute atomic E-state index is 0.0551. The largest absolute Gasteiger partial charge is 0.497 e. The fraction of sp³-hybridized carbons (Fsp3) is 0.208. The quantitative estimate of drug-likeness (QED) is 0.429. The Morgan fingerprint density at radius 3 is 2.36 bits per heavy atom. The SMILES string of the molecule is CC[C@H](Oc1cccc(OC)c1)C(=O)Nc1ccc(S(=O)(=O)Nc2cccc(Cl)c2C)cc1. The number of halogens is 1. The van der Waals surface area contributed by atoms with Crippen LogP contribution in [0.5, 0.6) is 11.5 Å². The third-order valence-corrected chi connectivity index (χ3v) is 6.72. The van der Waals surface area contributed by atoms with E-state index < -0.39 is 16.1 Å². The molecule has 3 aromatic carbocycles. The lowest BCUT2D eigenvalue weighted by Crippen LogP contribution is -2.32. The summed E-state index contributed by atoms with van der Waals surface area (Å²) in [5.74, 6) is 0.796. The fourth-order valence-electron chi connectivity index (χ4n) is 3.02. The maximum Gasteiger partial charge on any atom is 0.265 e. The number of benzene rings is 3. The number of methoxy groups -OCH3 is 1. The van der Waals surface area contributed by atoms with Crippen LogP contribution in [0.15, 0.2) is 71.6 Å². The van der Waals surface area contributed by atoms with Crippen LogP contribution in [0.4, 0.5) is 11.4 Å². The standard InChI is InChI=1S/C24H25ClN2O5S/c1-4-23(32-19-8-5-7-18(15-19)31-3)24(28)26-17-11-13-20(14-12-17)33(29,30)27-22-10-6-9-21(25)16(22)2/h5-15,23,27H,4H2,1-3H3,(H,26,28)/t23-/m0/s1. The van der Waals surface area contributed by atoms with E-state index in [9.17, 15) is 13.2 Å². The summed E-state index contributed by atoms with van der Waals surface area (Å²) in [6, 6.07) is 17.9. The van der Waals surface area contributed by atoms with Crippen molar-refractivity contribution < 1.29 is 22.7 Å². The van der Waals surface area contributed by atoms with Crippen LogP contribution in [0.1, 0.15) is 18.9 Å². The second-order valence-electron chi connectivity index (χ2n) is 7.23. The van der Waals surface area contributed by atoms with Crippen LogP contribution in [-0.4, -0.2) is 27.5 Å². The summed E-state index contributed by atoms with van der Waals surface area (Å²) in [7, 11) is -2.27. The van der Waals surface area contributed by atoms with E-state index in [1.165, 1.54) is 24.3 Å². The molecule has 1 amide bonds. The first-order valence-corrected chi connectivity index (χ1v) is 12.1. The molecule has 0 spiro atoms. The topological polar surface area (TPSA) is 93.7 Å². The van der Waals surface area contributed by atoms with E-state index in [1.807, 2.05) is 6.92 Å². The van der Waals surface area contributed by atoms with E-state index in [-0.39, 0.29) is 10.8 Å². The third-order valence-electron chi connectivity index (χ3n) is 4.93. The zero-order valence-electron chi connectivity index (χ0n) is 18.5. The molecule has 0 aromatic heterocycles. The first-order chi connectivity index (χ1) is 15.7. The maximum atomic E-state index is 12.7. The Kier molecular flexibility index (Phi) is 7.84. The van der Waals surface area contributed by atoms with Gasteiger partial charge in [-0.2, -0.15) is 0 Å². The number of anilines is 2. The Morgan fingerprint density at radius 2 is 1.70 bits per heavy atom. The van der Waals surface area contributed by atoms with Gasteiger partial charge in [-0.3, -0.25) is 9.52 Å². The van der Waals surface area contributed by atoms with Crippen LogP contribution in [0, 0.1) is 6.92 Å². The van der Waals surface area contributed by atoms with Gasteiger partial charge in [-0.1, -0.05) is 30.7 Å². The van der Waals surface area contributed by atoms with Gasteiger partial charge in [0.05, 0.1) is 17.7 Å². The summed E-state index contributed by atoms with van der Waals surface area (Å²) in [5.41, 5.74) is 1.49. The van der Waals surface area contributed by atoms with Crippen molar-refractivity contribution in [3.63, 3.8) is 0 Å². The van der Waals surface area contributed by atoms with Gasteiger partial charge in [-0.15, -0.1) is 0 Å². The fourth-order valence-corrected chi connectivity index (χ4v) is 4.32. The number of hydrogen-bond acceptors (Lipinski definition) is 5. The zero-order valence-corrected chi connectivity index (χ0v) is 20.0. The number of hydrogen-bond donors (Lipinski definition) is 2. The van der Waals surface area contributed by atoms with E-state index in [0.29, 0.717) is 39.9 Å². The van der Waals surface area contributed by atoms with Crippen molar-refractivity contribution in [1.29, 1.82) is 0 Å². The smallest absolute Gasteiger partial charge is 0.265 e. The van der Waals surface area contributed by atoms with Gasteiger partial charge < -0.3 is 14.8 Å². The molecule has 0 saturated carbocycles. The van der Waals surface area contributed by atoms with Gasteiger partial charge >= 0.3 is 0 Å². The van der Waals surface area contributed by atoms with E-state index in [4.69, 9.17) is 21.1 Å². The van der Waals surface area contributed by atoms with E-state index in [1.54, 1.807) is 56.5 Å². The minimum Gasteiger partial charge on any atom is -0.497 e. The number of ether oxygens (including phenoxy) is 2. The highest BCUT2D eigenvalue weighted by Gasteiger charge is 2.20. The second kappa shape index (κ2) is 10.6. The van der Waals surface area contributed by atoms with Crippen molar-refractivity contribution in [3.8, 4) is 11.5 Å². The van der Waals surface area contributed by atoms with Crippen molar-refractivity contribution in [2.75, 3.05) is 17.1 Å². The normalized spacial score (nSPS) is 12.0. The molecule has 0 heterocycles. The number of amides is 1. The summed E-state index contributed by atoms with van der Waals surface area (Å²) in [4.78, 5) is 12.7. The number of nitrogens with one attached hydrogen (secondary N) is 2. The molecule has 7 nitrogen and oxygen atoms in total. The summed E-state index contributed by atoms with van der Waals surface area (Å²) < 4.78 is 39.0. The van der Waals surface area contributed by atoms with Crippen molar-refractivity contribution >= 4 is 38.9 Å². The molecule has 3 aromatic rings. The summed E-state index contributed by atoms with van der Waals surface area (Å²) >= 11 is 6.07. The first-order valence-electron chi connectivity index (χ1n) is 10.2. The molecular weight excluding hydrogens is 464 g/mol. The average Bonchev–Trinajstić information content (AvgIpc) is 2.80. The van der Waals surface area contributed by atoms with Crippen LogP contribution in [0.2, 0.25) is 5.02 Å². The van der Waals surface area contributed by atoms with Gasteiger partial charge in [0.15, 0.2) is 6.10 Å². The summed E-state index contributed by atoms with van der Waals surface area (Å²) in [6.45, 7) is 3.57. The van der Waals surface area contributed by atoms with Gasteiger partial charge in [0, 0.05) is 16.8 Å². The molecular formula is C24H25ClN2O5S. The van der Waals surface area contributed by atoms with Gasteiger partial charge in [0.25, 0.3) is 15.9 Å². The Hall–Kier alpha value is -3.23. The molecule has 0 bridgehead atoms. The number of sulfonamides is 1. The van der Waals surface area contributed by atoms with Gasteiger partial charge in [0.1, 0.15) is 11.5 Å². The van der Waals surface area contributed by atoms with Gasteiger partial charge in [-0.25, -0.2) is 8.42 Å². The Morgan fingerprint density at radius 1 is 1.03 bits per heavy atom. The Labute approximate surface area is 198 Å². The molecule has 0 aliphatic carbocycles. The molecule has 1 atom stereocenters. The van der Waals surface area contributed by atoms with Crippen LogP contribution >= 0.6 is 11.6 Å². The van der Waals surface area contributed by atoms with Crippen molar-refractivity contribution in [2.24, 2.45) is 0 Å². The maximum absolute atomic E-state index is 12.7. The molecule has 2 N–H and O–H groups in total. The van der Waals surface area contributed by atoms with Gasteiger partial charge in [-0.05, 0) is 67.4 Å². The molecule has 174 valence electrons. The third kappa shape index (κ3) is 6.18. The zero-order chi connectivity index (χ0) is 24.0. The predicted octanol–water partition coefficient (Wildman–Crippen LogP) is 5.25. The monoisotopic (exact) mass is 488 g/mol. The minimum atomic E-state index is -3.82.